The number of rotatable bonds is 5. The number of halogens is 1. The monoisotopic (exact) mass is 451 g/mol. The Balaban J connectivity index is 1.30. The van der Waals surface area contributed by atoms with Gasteiger partial charge < -0.3 is 19.4 Å². The Morgan fingerprint density at radius 2 is 1.91 bits per heavy atom. The molecule has 5 rings (SSSR count). The summed E-state index contributed by atoms with van der Waals surface area (Å²) in [4.78, 5) is 19.2. The number of hydrogen-bond donors (Lipinski definition) is 0. The van der Waals surface area contributed by atoms with Gasteiger partial charge in [0.15, 0.2) is 0 Å². The summed E-state index contributed by atoms with van der Waals surface area (Å²) in [5.74, 6) is 1.24. The van der Waals surface area contributed by atoms with Crippen LogP contribution >= 0.6 is 0 Å². The average Bonchev–Trinajstić information content (AvgIpc) is 3.43. The summed E-state index contributed by atoms with van der Waals surface area (Å²) in [6.07, 6.45) is 5.45. The standard InChI is InChI=1S/C27H34FN3O2/c1-18-4-6-22(14-18)33-23-7-8-24-19(15-23)10-13-31(27(24)32)20-5-9-26(25(28)16-20)30-12-11-21(17-30)29(2)3/h5,7-9,15-16,18,21-22H,4,6,10-14,17H2,1-3H3/t18?,21-,22?/m1/s1. The number of amides is 1. The lowest BCUT2D eigenvalue weighted by molar-refractivity contribution is 0.0980. The van der Waals surface area contributed by atoms with Gasteiger partial charge >= 0.3 is 0 Å². The fourth-order valence-corrected chi connectivity index (χ4v) is 5.54. The fourth-order valence-electron chi connectivity index (χ4n) is 5.54. The highest BCUT2D eigenvalue weighted by molar-refractivity contribution is 6.08. The number of hydrogen-bond acceptors (Lipinski definition) is 4. The van der Waals surface area contributed by atoms with Crippen LogP contribution in [0.3, 0.4) is 0 Å². The number of anilines is 2. The molecule has 0 radical (unpaired) electrons. The van der Waals surface area contributed by atoms with Crippen LogP contribution in [0.4, 0.5) is 15.8 Å². The fraction of sp³-hybridized carbons (Fsp3) is 0.519. The predicted molar refractivity (Wildman–Crippen MR) is 130 cm³/mol. The minimum atomic E-state index is -0.264. The second-order valence-corrected chi connectivity index (χ2v) is 10.2. The summed E-state index contributed by atoms with van der Waals surface area (Å²) in [5, 5.41) is 0. The van der Waals surface area contributed by atoms with Crippen molar-refractivity contribution in [2.45, 2.75) is 51.2 Å². The van der Waals surface area contributed by atoms with Crippen LogP contribution in [-0.2, 0) is 6.42 Å². The molecule has 0 aromatic heterocycles. The largest absolute Gasteiger partial charge is 0.490 e. The molecule has 2 unspecified atom stereocenters. The van der Waals surface area contributed by atoms with E-state index in [1.165, 1.54) is 12.5 Å². The molecule has 1 saturated carbocycles. The molecular weight excluding hydrogens is 417 g/mol. The van der Waals surface area contributed by atoms with Crippen molar-refractivity contribution in [1.82, 2.24) is 4.90 Å². The van der Waals surface area contributed by atoms with E-state index >= 15 is 4.39 Å². The number of ether oxygens (including phenoxy) is 1. The lowest BCUT2D eigenvalue weighted by Crippen LogP contribution is -2.37. The number of carbonyl (C=O) groups excluding carboxylic acids is 1. The summed E-state index contributed by atoms with van der Waals surface area (Å²) in [6.45, 7) is 4.48. The zero-order chi connectivity index (χ0) is 23.1. The van der Waals surface area contributed by atoms with E-state index in [0.717, 1.165) is 56.0 Å². The van der Waals surface area contributed by atoms with E-state index in [4.69, 9.17) is 4.74 Å². The molecule has 3 aliphatic rings. The van der Waals surface area contributed by atoms with Gasteiger partial charge in [0.05, 0.1) is 11.8 Å². The van der Waals surface area contributed by atoms with E-state index in [0.29, 0.717) is 29.5 Å². The van der Waals surface area contributed by atoms with E-state index in [9.17, 15) is 4.79 Å². The molecular formula is C27H34FN3O2. The lowest BCUT2D eigenvalue weighted by atomic mass is 9.98. The highest BCUT2D eigenvalue weighted by Crippen LogP contribution is 2.33. The van der Waals surface area contributed by atoms with Crippen LogP contribution in [0.5, 0.6) is 5.75 Å². The SMILES string of the molecule is CC1CCC(Oc2ccc3c(c2)CCN(c2ccc(N4CC[C@@H](N(C)C)C4)c(F)c2)C3=O)C1. The third kappa shape index (κ3) is 4.45. The normalized spacial score (nSPS) is 25.1. The van der Waals surface area contributed by atoms with Crippen molar-refractivity contribution in [1.29, 1.82) is 0 Å². The van der Waals surface area contributed by atoms with Crippen LogP contribution < -0.4 is 14.5 Å². The summed E-state index contributed by atoms with van der Waals surface area (Å²) >= 11 is 0. The van der Waals surface area contributed by atoms with Gasteiger partial charge in [0.25, 0.3) is 5.91 Å². The first kappa shape index (κ1) is 22.2. The van der Waals surface area contributed by atoms with Crippen molar-refractivity contribution in [2.75, 3.05) is 43.5 Å². The van der Waals surface area contributed by atoms with Crippen molar-refractivity contribution in [3.8, 4) is 5.75 Å². The Morgan fingerprint density at radius 1 is 1.06 bits per heavy atom. The number of fused-ring (bicyclic) bond motifs is 1. The molecule has 1 amide bonds. The molecule has 33 heavy (non-hydrogen) atoms. The highest BCUT2D eigenvalue weighted by Gasteiger charge is 2.29. The zero-order valence-corrected chi connectivity index (χ0v) is 19.9. The molecule has 2 aromatic rings. The molecule has 0 spiro atoms. The first-order valence-corrected chi connectivity index (χ1v) is 12.2. The Kier molecular flexibility index (Phi) is 6.04. The van der Waals surface area contributed by atoms with Gasteiger partial charge in [-0.1, -0.05) is 6.92 Å². The molecule has 176 valence electrons. The van der Waals surface area contributed by atoms with Crippen molar-refractivity contribution in [3.05, 3.63) is 53.3 Å². The minimum Gasteiger partial charge on any atom is -0.490 e. The molecule has 1 aliphatic carbocycles. The highest BCUT2D eigenvalue weighted by atomic mass is 19.1. The average molecular weight is 452 g/mol. The van der Waals surface area contributed by atoms with Crippen LogP contribution in [0.2, 0.25) is 0 Å². The molecule has 2 aromatic carbocycles. The Morgan fingerprint density at radius 3 is 2.61 bits per heavy atom. The second kappa shape index (κ2) is 8.98. The van der Waals surface area contributed by atoms with Crippen molar-refractivity contribution >= 4 is 17.3 Å². The van der Waals surface area contributed by atoms with Crippen LogP contribution in [0.1, 0.15) is 48.5 Å². The van der Waals surface area contributed by atoms with E-state index in [1.54, 1.807) is 4.90 Å². The zero-order valence-electron chi connectivity index (χ0n) is 19.9. The summed E-state index contributed by atoms with van der Waals surface area (Å²) in [7, 11) is 4.13. The van der Waals surface area contributed by atoms with Crippen LogP contribution in [0.25, 0.3) is 0 Å². The van der Waals surface area contributed by atoms with E-state index in [-0.39, 0.29) is 17.8 Å². The third-order valence-corrected chi connectivity index (χ3v) is 7.58. The van der Waals surface area contributed by atoms with Crippen LogP contribution in [0, 0.1) is 11.7 Å². The van der Waals surface area contributed by atoms with Gasteiger partial charge in [0.2, 0.25) is 0 Å². The Hall–Kier alpha value is -2.60. The quantitative estimate of drug-likeness (QED) is 0.658. The van der Waals surface area contributed by atoms with E-state index < -0.39 is 0 Å². The molecule has 3 atom stereocenters. The van der Waals surface area contributed by atoms with Crippen LogP contribution in [0.15, 0.2) is 36.4 Å². The smallest absolute Gasteiger partial charge is 0.258 e. The second-order valence-electron chi connectivity index (χ2n) is 10.2. The van der Waals surface area contributed by atoms with E-state index in [2.05, 4.69) is 30.8 Å². The number of likely N-dealkylation sites (N-methyl/N-ethyl adjacent to an activating group) is 1. The van der Waals surface area contributed by atoms with Gasteiger partial charge in [0, 0.05) is 36.9 Å². The molecule has 2 aliphatic heterocycles. The van der Waals surface area contributed by atoms with Crippen molar-refractivity contribution < 1.29 is 13.9 Å². The topological polar surface area (TPSA) is 36.0 Å². The maximum atomic E-state index is 15.1. The maximum Gasteiger partial charge on any atom is 0.258 e. The number of benzene rings is 2. The van der Waals surface area contributed by atoms with E-state index in [1.807, 2.05) is 30.3 Å². The molecule has 6 heteroatoms. The van der Waals surface area contributed by atoms with Gasteiger partial charge in [-0.3, -0.25) is 4.79 Å². The third-order valence-electron chi connectivity index (χ3n) is 7.58. The van der Waals surface area contributed by atoms with Crippen LogP contribution in [-0.4, -0.2) is 56.7 Å². The Labute approximate surface area is 196 Å². The lowest BCUT2D eigenvalue weighted by Gasteiger charge is -2.30. The van der Waals surface area contributed by atoms with Gasteiger partial charge in [-0.25, -0.2) is 4.39 Å². The number of carbonyl (C=O) groups is 1. The van der Waals surface area contributed by atoms with Gasteiger partial charge in [-0.2, -0.15) is 0 Å². The van der Waals surface area contributed by atoms with Gasteiger partial charge in [-0.05, 0) is 94.1 Å². The van der Waals surface area contributed by atoms with Crippen molar-refractivity contribution in [2.24, 2.45) is 5.92 Å². The molecule has 0 N–H and O–H groups in total. The molecule has 0 bridgehead atoms. The summed E-state index contributed by atoms with van der Waals surface area (Å²) in [5.41, 5.74) is 2.95. The summed E-state index contributed by atoms with van der Waals surface area (Å²) < 4.78 is 21.2. The number of nitrogens with zero attached hydrogens (tertiary/aromatic N) is 3. The molecule has 5 nitrogen and oxygen atoms in total. The van der Waals surface area contributed by atoms with Gasteiger partial charge in [-0.15, -0.1) is 0 Å². The first-order valence-electron chi connectivity index (χ1n) is 12.2. The molecule has 1 saturated heterocycles. The first-order chi connectivity index (χ1) is 15.9. The summed E-state index contributed by atoms with van der Waals surface area (Å²) in [6, 6.07) is 11.4. The molecule has 2 heterocycles. The van der Waals surface area contributed by atoms with Crippen molar-refractivity contribution in [3.63, 3.8) is 0 Å². The minimum absolute atomic E-state index is 0.0710. The van der Waals surface area contributed by atoms with Gasteiger partial charge in [0.1, 0.15) is 11.6 Å². The maximum absolute atomic E-state index is 15.1. The molecule has 2 fully saturated rings. The predicted octanol–water partition coefficient (Wildman–Crippen LogP) is 4.74. The Bertz CT molecular complexity index is 1040.